The second-order valence-corrected chi connectivity index (χ2v) is 4.87. The second-order valence-electron chi connectivity index (χ2n) is 4.87. The first-order chi connectivity index (χ1) is 9.19. The third kappa shape index (κ3) is 1.98. The Hall–Kier alpha value is -2.26. The van der Waals surface area contributed by atoms with Crippen LogP contribution >= 0.6 is 0 Å². The standard InChI is InChI=1S/C14H13FN4/c1-9(17-18-16)8-19-5-4-10-6-11-7-12(15)2-3-13(11)14(10)19/h2-5,7,9H,6,8H2,1H3/t9-/m0/s1. The molecule has 0 spiro atoms. The average molecular weight is 256 g/mol. The van der Waals surface area contributed by atoms with E-state index < -0.39 is 0 Å². The Kier molecular flexibility index (Phi) is 2.76. The maximum Gasteiger partial charge on any atom is 0.123 e. The van der Waals surface area contributed by atoms with Gasteiger partial charge in [0.1, 0.15) is 5.82 Å². The highest BCUT2D eigenvalue weighted by Crippen LogP contribution is 2.37. The van der Waals surface area contributed by atoms with Gasteiger partial charge in [-0.3, -0.25) is 0 Å². The molecule has 0 bridgehead atoms. The molecule has 0 fully saturated rings. The lowest BCUT2D eigenvalue weighted by molar-refractivity contribution is 0.593. The molecule has 0 aliphatic heterocycles. The SMILES string of the molecule is C[C@@H](Cn1ccc2c1-c1ccc(F)cc1C2)N=[N+]=[N-]. The van der Waals surface area contributed by atoms with Crippen molar-refractivity contribution in [1.29, 1.82) is 0 Å². The second kappa shape index (κ2) is 4.44. The first kappa shape index (κ1) is 11.8. The Morgan fingerprint density at radius 2 is 2.26 bits per heavy atom. The van der Waals surface area contributed by atoms with Crippen LogP contribution in [0.2, 0.25) is 0 Å². The van der Waals surface area contributed by atoms with Crippen molar-refractivity contribution in [3.63, 3.8) is 0 Å². The minimum absolute atomic E-state index is 0.106. The summed E-state index contributed by atoms with van der Waals surface area (Å²) in [6.45, 7) is 2.52. The minimum Gasteiger partial charge on any atom is -0.347 e. The fourth-order valence-corrected chi connectivity index (χ4v) is 2.69. The summed E-state index contributed by atoms with van der Waals surface area (Å²) >= 11 is 0. The van der Waals surface area contributed by atoms with E-state index in [1.54, 1.807) is 6.07 Å². The molecule has 0 saturated carbocycles. The van der Waals surface area contributed by atoms with Gasteiger partial charge in [-0.2, -0.15) is 0 Å². The van der Waals surface area contributed by atoms with Crippen LogP contribution < -0.4 is 0 Å². The van der Waals surface area contributed by atoms with E-state index in [0.29, 0.717) is 6.54 Å². The molecule has 1 aromatic heterocycles. The number of fused-ring (bicyclic) bond motifs is 3. The summed E-state index contributed by atoms with van der Waals surface area (Å²) in [5, 5.41) is 3.69. The zero-order chi connectivity index (χ0) is 13.4. The van der Waals surface area contributed by atoms with E-state index in [4.69, 9.17) is 5.53 Å². The van der Waals surface area contributed by atoms with Crippen molar-refractivity contribution >= 4 is 0 Å². The van der Waals surface area contributed by atoms with E-state index in [1.165, 1.54) is 11.6 Å². The zero-order valence-electron chi connectivity index (χ0n) is 10.5. The van der Waals surface area contributed by atoms with Gasteiger partial charge in [-0.05, 0) is 40.9 Å². The van der Waals surface area contributed by atoms with Gasteiger partial charge in [0.2, 0.25) is 0 Å². The van der Waals surface area contributed by atoms with Gasteiger partial charge >= 0.3 is 0 Å². The monoisotopic (exact) mass is 256 g/mol. The Bertz CT molecular complexity index is 683. The number of rotatable bonds is 3. The molecule has 3 rings (SSSR count). The summed E-state index contributed by atoms with van der Waals surface area (Å²) in [4.78, 5) is 2.83. The highest BCUT2D eigenvalue weighted by atomic mass is 19.1. The molecule has 4 nitrogen and oxygen atoms in total. The predicted molar refractivity (Wildman–Crippen MR) is 71.2 cm³/mol. The van der Waals surface area contributed by atoms with Gasteiger partial charge in [0.15, 0.2) is 0 Å². The smallest absolute Gasteiger partial charge is 0.123 e. The molecular formula is C14H13FN4. The highest BCUT2D eigenvalue weighted by molar-refractivity contribution is 5.74. The maximum absolute atomic E-state index is 13.2. The van der Waals surface area contributed by atoms with Gasteiger partial charge in [-0.25, -0.2) is 4.39 Å². The molecule has 5 heteroatoms. The molecule has 0 unspecified atom stereocenters. The molecule has 0 saturated heterocycles. The number of aromatic nitrogens is 1. The van der Waals surface area contributed by atoms with E-state index in [0.717, 1.165) is 23.2 Å². The largest absolute Gasteiger partial charge is 0.347 e. The van der Waals surface area contributed by atoms with Crippen LogP contribution in [-0.4, -0.2) is 10.6 Å². The molecular weight excluding hydrogens is 243 g/mol. The molecule has 0 N–H and O–H groups in total. The minimum atomic E-state index is -0.196. The van der Waals surface area contributed by atoms with E-state index in [9.17, 15) is 4.39 Å². The summed E-state index contributed by atoms with van der Waals surface area (Å²) in [5.74, 6) is -0.196. The predicted octanol–water partition coefficient (Wildman–Crippen LogP) is 3.90. The van der Waals surface area contributed by atoms with Gasteiger partial charge in [0, 0.05) is 29.6 Å². The van der Waals surface area contributed by atoms with E-state index in [-0.39, 0.29) is 11.9 Å². The fourth-order valence-electron chi connectivity index (χ4n) is 2.69. The lowest BCUT2D eigenvalue weighted by Crippen LogP contribution is -2.09. The molecule has 1 aromatic carbocycles. The Morgan fingerprint density at radius 1 is 1.42 bits per heavy atom. The van der Waals surface area contributed by atoms with Crippen molar-refractivity contribution in [3.05, 3.63) is 57.8 Å². The summed E-state index contributed by atoms with van der Waals surface area (Å²) in [7, 11) is 0. The first-order valence-electron chi connectivity index (χ1n) is 6.20. The quantitative estimate of drug-likeness (QED) is 0.388. The Labute approximate surface area is 110 Å². The maximum atomic E-state index is 13.2. The van der Waals surface area contributed by atoms with E-state index in [1.807, 2.05) is 19.2 Å². The fraction of sp³-hybridized carbons (Fsp3) is 0.286. The van der Waals surface area contributed by atoms with Gasteiger partial charge in [0.25, 0.3) is 0 Å². The molecule has 1 heterocycles. The van der Waals surface area contributed by atoms with E-state index in [2.05, 4.69) is 20.7 Å². The van der Waals surface area contributed by atoms with Crippen LogP contribution in [0.1, 0.15) is 18.1 Å². The lowest BCUT2D eigenvalue weighted by atomic mass is 10.1. The average Bonchev–Trinajstić information content (AvgIpc) is 2.89. The molecule has 1 aliphatic carbocycles. The number of benzene rings is 1. The number of hydrogen-bond acceptors (Lipinski definition) is 1. The molecule has 0 radical (unpaired) electrons. The summed E-state index contributed by atoms with van der Waals surface area (Å²) < 4.78 is 15.3. The zero-order valence-corrected chi connectivity index (χ0v) is 10.5. The Morgan fingerprint density at radius 3 is 3.05 bits per heavy atom. The van der Waals surface area contributed by atoms with Crippen molar-refractivity contribution in [2.24, 2.45) is 5.11 Å². The summed E-state index contributed by atoms with van der Waals surface area (Å²) in [6.07, 6.45) is 2.77. The van der Waals surface area contributed by atoms with Crippen molar-refractivity contribution < 1.29 is 4.39 Å². The molecule has 1 aliphatic rings. The van der Waals surface area contributed by atoms with Crippen LogP contribution in [0, 0.1) is 5.82 Å². The van der Waals surface area contributed by atoms with Crippen molar-refractivity contribution in [3.8, 4) is 11.3 Å². The van der Waals surface area contributed by atoms with Crippen molar-refractivity contribution in [2.45, 2.75) is 25.9 Å². The van der Waals surface area contributed by atoms with Crippen LogP contribution in [-0.2, 0) is 13.0 Å². The summed E-state index contributed by atoms with van der Waals surface area (Å²) in [5.41, 5.74) is 12.9. The van der Waals surface area contributed by atoms with Crippen LogP contribution in [0.15, 0.2) is 35.6 Å². The van der Waals surface area contributed by atoms with Gasteiger partial charge < -0.3 is 4.57 Å². The normalized spacial score (nSPS) is 13.6. The van der Waals surface area contributed by atoms with E-state index >= 15 is 0 Å². The number of hydrogen-bond donors (Lipinski definition) is 0. The van der Waals surface area contributed by atoms with Crippen LogP contribution in [0.5, 0.6) is 0 Å². The Balaban J connectivity index is 2.00. The number of azide groups is 1. The molecule has 96 valence electrons. The number of halogens is 1. The van der Waals surface area contributed by atoms with Gasteiger partial charge in [-0.15, -0.1) is 0 Å². The first-order valence-corrected chi connectivity index (χ1v) is 6.20. The van der Waals surface area contributed by atoms with Crippen LogP contribution in [0.3, 0.4) is 0 Å². The molecule has 0 amide bonds. The van der Waals surface area contributed by atoms with Gasteiger partial charge in [-0.1, -0.05) is 12.0 Å². The van der Waals surface area contributed by atoms with Crippen LogP contribution in [0.4, 0.5) is 4.39 Å². The van der Waals surface area contributed by atoms with Crippen molar-refractivity contribution in [2.75, 3.05) is 0 Å². The highest BCUT2D eigenvalue weighted by Gasteiger charge is 2.22. The van der Waals surface area contributed by atoms with Gasteiger partial charge in [0.05, 0.1) is 11.7 Å². The third-order valence-corrected chi connectivity index (χ3v) is 3.46. The van der Waals surface area contributed by atoms with Crippen molar-refractivity contribution in [1.82, 2.24) is 4.57 Å². The molecule has 19 heavy (non-hydrogen) atoms. The molecule has 1 atom stereocenters. The number of nitrogens with zero attached hydrogens (tertiary/aromatic N) is 4. The third-order valence-electron chi connectivity index (χ3n) is 3.46. The molecule has 2 aromatic rings. The van der Waals surface area contributed by atoms with Crippen LogP contribution in [0.25, 0.3) is 21.7 Å². The summed E-state index contributed by atoms with van der Waals surface area (Å²) in [6, 6.07) is 6.85. The lowest BCUT2D eigenvalue weighted by Gasteiger charge is -2.11. The topological polar surface area (TPSA) is 53.7 Å².